The predicted molar refractivity (Wildman–Crippen MR) is 78.5 cm³/mol. The highest BCUT2D eigenvalue weighted by molar-refractivity contribution is 5.92. The molecule has 1 aromatic heterocycles. The number of halogens is 1. The molecule has 21 heavy (non-hydrogen) atoms. The minimum absolute atomic E-state index is 0.0131. The van der Waals surface area contributed by atoms with E-state index in [1.807, 2.05) is 6.07 Å². The Hall–Kier alpha value is -2.21. The SMILES string of the molecule is NCCCc1ccc2c(c1)c(=O)c(C(=O)O)cn2CCF. The summed E-state index contributed by atoms with van der Waals surface area (Å²) in [6.07, 6.45) is 2.70. The largest absolute Gasteiger partial charge is 0.477 e. The minimum atomic E-state index is -1.30. The van der Waals surface area contributed by atoms with E-state index in [1.165, 1.54) is 10.8 Å². The zero-order valence-corrected chi connectivity index (χ0v) is 11.5. The lowest BCUT2D eigenvalue weighted by molar-refractivity contribution is 0.0694. The van der Waals surface area contributed by atoms with Crippen LogP contribution in [0.2, 0.25) is 0 Å². The number of hydrogen-bond acceptors (Lipinski definition) is 3. The topological polar surface area (TPSA) is 85.3 Å². The van der Waals surface area contributed by atoms with Gasteiger partial charge in [-0.2, -0.15) is 0 Å². The number of pyridine rings is 1. The van der Waals surface area contributed by atoms with Gasteiger partial charge in [0.25, 0.3) is 0 Å². The van der Waals surface area contributed by atoms with Crippen LogP contribution in [0.1, 0.15) is 22.3 Å². The molecule has 1 aromatic carbocycles. The Morgan fingerprint density at radius 1 is 1.38 bits per heavy atom. The van der Waals surface area contributed by atoms with Crippen LogP contribution in [0.3, 0.4) is 0 Å². The fourth-order valence-corrected chi connectivity index (χ4v) is 2.33. The number of benzene rings is 1. The summed E-state index contributed by atoms with van der Waals surface area (Å²) in [7, 11) is 0. The van der Waals surface area contributed by atoms with Gasteiger partial charge in [-0.05, 0) is 37.1 Å². The summed E-state index contributed by atoms with van der Waals surface area (Å²) in [6, 6.07) is 5.25. The average Bonchev–Trinajstić information content (AvgIpc) is 2.47. The van der Waals surface area contributed by atoms with Crippen molar-refractivity contribution in [1.82, 2.24) is 4.57 Å². The van der Waals surface area contributed by atoms with Crippen LogP contribution in [-0.4, -0.2) is 28.9 Å². The number of carboxylic acid groups (broad SMARTS) is 1. The fraction of sp³-hybridized carbons (Fsp3) is 0.333. The molecule has 0 radical (unpaired) electrons. The Balaban J connectivity index is 2.66. The monoisotopic (exact) mass is 292 g/mol. The Bertz CT molecular complexity index is 725. The number of aromatic nitrogens is 1. The summed E-state index contributed by atoms with van der Waals surface area (Å²) >= 11 is 0. The van der Waals surface area contributed by atoms with Gasteiger partial charge in [-0.15, -0.1) is 0 Å². The lowest BCUT2D eigenvalue weighted by Gasteiger charge is -2.11. The third-order valence-electron chi connectivity index (χ3n) is 3.37. The van der Waals surface area contributed by atoms with Gasteiger partial charge in [0.05, 0.1) is 12.1 Å². The highest BCUT2D eigenvalue weighted by atomic mass is 19.1. The predicted octanol–water partition coefficient (Wildman–Crippen LogP) is 1.56. The van der Waals surface area contributed by atoms with Gasteiger partial charge in [-0.25, -0.2) is 9.18 Å². The van der Waals surface area contributed by atoms with Crippen molar-refractivity contribution in [3.63, 3.8) is 0 Å². The zero-order chi connectivity index (χ0) is 15.4. The van der Waals surface area contributed by atoms with Crippen LogP contribution in [0.25, 0.3) is 10.9 Å². The molecule has 0 unspecified atom stereocenters. The van der Waals surface area contributed by atoms with Gasteiger partial charge >= 0.3 is 5.97 Å². The highest BCUT2D eigenvalue weighted by Gasteiger charge is 2.14. The molecule has 0 aliphatic heterocycles. The summed E-state index contributed by atoms with van der Waals surface area (Å²) in [6.45, 7) is -0.0789. The fourth-order valence-electron chi connectivity index (χ4n) is 2.33. The van der Waals surface area contributed by atoms with Crippen molar-refractivity contribution in [2.75, 3.05) is 13.2 Å². The normalized spacial score (nSPS) is 11.0. The Kier molecular flexibility index (Phi) is 4.70. The molecule has 6 heteroatoms. The van der Waals surface area contributed by atoms with Crippen LogP contribution in [-0.2, 0) is 13.0 Å². The number of aryl methyl sites for hydroxylation is 2. The maximum Gasteiger partial charge on any atom is 0.341 e. The first-order valence-corrected chi connectivity index (χ1v) is 6.74. The highest BCUT2D eigenvalue weighted by Crippen LogP contribution is 2.16. The molecule has 0 aliphatic rings. The first-order valence-electron chi connectivity index (χ1n) is 6.74. The van der Waals surface area contributed by atoms with Crippen molar-refractivity contribution >= 4 is 16.9 Å². The van der Waals surface area contributed by atoms with Crippen molar-refractivity contribution in [2.45, 2.75) is 19.4 Å². The van der Waals surface area contributed by atoms with E-state index in [9.17, 15) is 14.0 Å². The number of alkyl halides is 1. The van der Waals surface area contributed by atoms with Crippen LogP contribution in [0.5, 0.6) is 0 Å². The number of nitrogens with zero attached hydrogens (tertiary/aromatic N) is 1. The van der Waals surface area contributed by atoms with Crippen LogP contribution in [0.15, 0.2) is 29.2 Å². The third kappa shape index (κ3) is 3.11. The quantitative estimate of drug-likeness (QED) is 0.846. The number of fused-ring (bicyclic) bond motifs is 1. The second kappa shape index (κ2) is 6.49. The number of nitrogens with two attached hydrogens (primary N) is 1. The summed E-state index contributed by atoms with van der Waals surface area (Å²) in [5, 5.41) is 9.41. The van der Waals surface area contributed by atoms with Crippen LogP contribution in [0, 0.1) is 0 Å². The number of hydrogen-bond donors (Lipinski definition) is 2. The molecule has 1 heterocycles. The molecule has 0 bridgehead atoms. The van der Waals surface area contributed by atoms with E-state index in [-0.39, 0.29) is 12.1 Å². The van der Waals surface area contributed by atoms with E-state index >= 15 is 0 Å². The van der Waals surface area contributed by atoms with Gasteiger partial charge in [-0.1, -0.05) is 6.07 Å². The first-order chi connectivity index (χ1) is 10.1. The summed E-state index contributed by atoms with van der Waals surface area (Å²) in [5.41, 5.74) is 6.04. The molecule has 0 amide bonds. The Morgan fingerprint density at radius 3 is 2.76 bits per heavy atom. The molecule has 0 fully saturated rings. The van der Waals surface area contributed by atoms with Gasteiger partial charge < -0.3 is 15.4 Å². The Labute approximate surface area is 120 Å². The molecule has 2 rings (SSSR count). The molecular weight excluding hydrogens is 275 g/mol. The van der Waals surface area contributed by atoms with Gasteiger partial charge in [0.15, 0.2) is 0 Å². The summed E-state index contributed by atoms with van der Waals surface area (Å²) in [4.78, 5) is 23.4. The van der Waals surface area contributed by atoms with E-state index in [2.05, 4.69) is 0 Å². The van der Waals surface area contributed by atoms with E-state index < -0.39 is 18.1 Å². The van der Waals surface area contributed by atoms with Crippen LogP contribution >= 0.6 is 0 Å². The van der Waals surface area contributed by atoms with Crippen molar-refractivity contribution < 1.29 is 14.3 Å². The van der Waals surface area contributed by atoms with Crippen molar-refractivity contribution in [2.24, 2.45) is 5.73 Å². The molecule has 5 nitrogen and oxygen atoms in total. The van der Waals surface area contributed by atoms with E-state index in [1.54, 1.807) is 12.1 Å². The number of aromatic carboxylic acids is 1. The second-order valence-corrected chi connectivity index (χ2v) is 4.80. The molecule has 0 spiro atoms. The lowest BCUT2D eigenvalue weighted by Crippen LogP contribution is -2.19. The molecule has 112 valence electrons. The molecule has 3 N–H and O–H groups in total. The maximum absolute atomic E-state index is 12.6. The van der Waals surface area contributed by atoms with Gasteiger partial charge in [0, 0.05) is 11.6 Å². The second-order valence-electron chi connectivity index (χ2n) is 4.80. The van der Waals surface area contributed by atoms with Crippen molar-refractivity contribution in [3.05, 3.63) is 45.7 Å². The van der Waals surface area contributed by atoms with Gasteiger partial charge in [0.2, 0.25) is 5.43 Å². The zero-order valence-electron chi connectivity index (χ0n) is 11.5. The van der Waals surface area contributed by atoms with E-state index in [0.29, 0.717) is 23.9 Å². The van der Waals surface area contributed by atoms with Crippen LogP contribution in [0.4, 0.5) is 4.39 Å². The van der Waals surface area contributed by atoms with Crippen molar-refractivity contribution in [3.8, 4) is 0 Å². The average molecular weight is 292 g/mol. The summed E-state index contributed by atoms with van der Waals surface area (Å²) in [5.74, 6) is -1.30. The van der Waals surface area contributed by atoms with Crippen molar-refractivity contribution in [1.29, 1.82) is 0 Å². The number of carbonyl (C=O) groups is 1. The van der Waals surface area contributed by atoms with Crippen LogP contribution < -0.4 is 11.2 Å². The maximum atomic E-state index is 12.6. The molecule has 0 saturated heterocycles. The lowest BCUT2D eigenvalue weighted by atomic mass is 10.0. The molecule has 0 aliphatic carbocycles. The molecule has 2 aromatic rings. The third-order valence-corrected chi connectivity index (χ3v) is 3.37. The summed E-state index contributed by atoms with van der Waals surface area (Å²) < 4.78 is 14.1. The number of carboxylic acids is 1. The van der Waals surface area contributed by atoms with Gasteiger partial charge in [-0.3, -0.25) is 4.79 Å². The standard InChI is InChI=1S/C15H17FN2O3/c16-5-7-18-9-12(15(20)21)14(19)11-8-10(2-1-6-17)3-4-13(11)18/h3-4,8-9H,1-2,5-7,17H2,(H,20,21). The number of rotatable bonds is 6. The molecule has 0 saturated carbocycles. The Morgan fingerprint density at radius 2 is 2.14 bits per heavy atom. The van der Waals surface area contributed by atoms with E-state index in [0.717, 1.165) is 12.0 Å². The van der Waals surface area contributed by atoms with E-state index in [4.69, 9.17) is 10.8 Å². The van der Waals surface area contributed by atoms with Gasteiger partial charge in [0.1, 0.15) is 12.2 Å². The molecule has 0 atom stereocenters. The minimum Gasteiger partial charge on any atom is -0.477 e. The smallest absolute Gasteiger partial charge is 0.341 e. The first kappa shape index (κ1) is 15.2. The molecular formula is C15H17FN2O3.